The second-order valence-electron chi connectivity index (χ2n) is 8.51. The number of nitrogens with two attached hydrogens (primary N) is 8. The number of rotatable bonds is 18. The summed E-state index contributed by atoms with van der Waals surface area (Å²) in [7, 11) is 0. The molecule has 0 radical (unpaired) electrons. The van der Waals surface area contributed by atoms with Crippen molar-refractivity contribution in [1.29, 1.82) is 0 Å². The molecule has 0 aromatic heterocycles. The fraction of sp³-hybridized carbons (Fsp3) is 0.474. The molecule has 5 unspecified atom stereocenters. The average molecular weight is 557 g/mol. The molecule has 5 atom stereocenters. The summed E-state index contributed by atoms with van der Waals surface area (Å²) in [6, 6.07) is -8.40. The van der Waals surface area contributed by atoms with Crippen LogP contribution in [0.4, 0.5) is 4.79 Å². The Balaban J connectivity index is 3.82. The van der Waals surface area contributed by atoms with Crippen molar-refractivity contribution in [3.63, 3.8) is 0 Å². The lowest BCUT2D eigenvalue weighted by Gasteiger charge is -2.49. The summed E-state index contributed by atoms with van der Waals surface area (Å²) in [5, 5.41) is 7.84. The summed E-state index contributed by atoms with van der Waals surface area (Å²) in [6.07, 6.45) is -1.91. The van der Waals surface area contributed by atoms with Gasteiger partial charge in [-0.1, -0.05) is 0 Å². The van der Waals surface area contributed by atoms with Crippen molar-refractivity contribution in [3.05, 3.63) is 11.4 Å². The Kier molecular flexibility index (Phi) is 11.0. The van der Waals surface area contributed by atoms with Crippen LogP contribution < -0.4 is 61.8 Å². The summed E-state index contributed by atoms with van der Waals surface area (Å²) < 4.78 is 0. The smallest absolute Gasteiger partial charge is 0.315 e. The number of carbonyl (C=O) groups excluding carboxylic acids is 8. The Labute approximate surface area is 220 Å². The van der Waals surface area contributed by atoms with E-state index >= 15 is 0 Å². The molecule has 1 aliphatic carbocycles. The maximum atomic E-state index is 12.3. The molecule has 20 heteroatoms. The van der Waals surface area contributed by atoms with Crippen molar-refractivity contribution >= 4 is 47.4 Å². The van der Waals surface area contributed by atoms with Crippen LogP contribution in [0, 0.1) is 0 Å². The van der Waals surface area contributed by atoms with Crippen LogP contribution in [-0.4, -0.2) is 89.0 Å². The van der Waals surface area contributed by atoms with Gasteiger partial charge in [0.05, 0.1) is 48.8 Å². The van der Waals surface area contributed by atoms with Gasteiger partial charge in [0.15, 0.2) is 0 Å². The number of carbonyl (C=O) groups is 8. The Hall–Kier alpha value is -5.14. The molecule has 0 saturated heterocycles. The molecule has 0 heterocycles. The van der Waals surface area contributed by atoms with Gasteiger partial charge in [0.25, 0.3) is 0 Å². The summed E-state index contributed by atoms with van der Waals surface area (Å²) in [6.45, 7) is -0.800. The molecule has 0 aliphatic heterocycles. The van der Waals surface area contributed by atoms with Gasteiger partial charge >= 0.3 is 6.03 Å². The minimum atomic E-state index is -1.50. The minimum Gasteiger partial charge on any atom is -0.374 e. The molecule has 0 bridgehead atoms. The highest BCUT2D eigenvalue weighted by atomic mass is 16.2. The van der Waals surface area contributed by atoms with Gasteiger partial charge in [0, 0.05) is 0 Å². The van der Waals surface area contributed by atoms with E-state index in [4.69, 9.17) is 45.9 Å². The second kappa shape index (κ2) is 13.4. The maximum absolute atomic E-state index is 12.3. The monoisotopic (exact) mass is 556 g/mol. The SMILES string of the molecule is NC(=O)CC(NC1=C(NC(CC(N)=O)C(N)=O)C(N(CC(N)=O)C(N)=O)C1NC(CC(N)=O)C(N)=O)C(N)=O. The molecule has 1 aliphatic rings. The molecular formula is C19H32N12O8. The zero-order valence-corrected chi connectivity index (χ0v) is 20.5. The Morgan fingerprint density at radius 1 is 0.590 bits per heavy atom. The molecule has 216 valence electrons. The van der Waals surface area contributed by atoms with Gasteiger partial charge < -0.3 is 61.4 Å². The molecule has 9 amide bonds. The van der Waals surface area contributed by atoms with Crippen LogP contribution in [0.3, 0.4) is 0 Å². The summed E-state index contributed by atoms with van der Waals surface area (Å²) in [5.74, 6) is -7.13. The number of amides is 9. The summed E-state index contributed by atoms with van der Waals surface area (Å²) in [4.78, 5) is 95.3. The lowest BCUT2D eigenvalue weighted by molar-refractivity contribution is -0.126. The van der Waals surface area contributed by atoms with Crippen LogP contribution in [0.5, 0.6) is 0 Å². The van der Waals surface area contributed by atoms with Crippen LogP contribution in [0.15, 0.2) is 11.4 Å². The Bertz CT molecular complexity index is 1090. The lowest BCUT2D eigenvalue weighted by atomic mass is 9.83. The molecule has 20 nitrogen and oxygen atoms in total. The van der Waals surface area contributed by atoms with Gasteiger partial charge in [0.2, 0.25) is 41.4 Å². The average Bonchev–Trinajstić information content (AvgIpc) is 2.76. The third-order valence-electron chi connectivity index (χ3n) is 5.44. The van der Waals surface area contributed by atoms with Crippen LogP contribution in [0.25, 0.3) is 0 Å². The van der Waals surface area contributed by atoms with Crippen LogP contribution in [0.1, 0.15) is 19.3 Å². The summed E-state index contributed by atoms with van der Waals surface area (Å²) >= 11 is 0. The van der Waals surface area contributed by atoms with E-state index in [1.807, 2.05) is 0 Å². The number of nitrogens with one attached hydrogen (secondary N) is 3. The minimum absolute atomic E-state index is 0.146. The molecule has 1 rings (SSSR count). The first kappa shape index (κ1) is 31.9. The van der Waals surface area contributed by atoms with Crippen LogP contribution in [-0.2, 0) is 33.6 Å². The van der Waals surface area contributed by atoms with Crippen molar-refractivity contribution < 1.29 is 38.4 Å². The molecule has 0 saturated carbocycles. The standard InChI is InChI=1S/C19H32N12O8/c20-8(32)1-5(16(24)36)28-12-13(29-6(17(25)37)2-9(21)33)15(31(19(27)39)4-11(23)35)14(12)30-7(18(26)38)3-10(22)34/h5-7,13,15,28-30H,1-4H2,(H2,20,32)(H2,21,33)(H2,22,34)(H2,23,35)(H2,24,36)(H2,25,37)(H2,26,38)(H2,27,39). The number of hydrogen-bond acceptors (Lipinski definition) is 11. The molecule has 0 spiro atoms. The largest absolute Gasteiger partial charge is 0.374 e. The van der Waals surface area contributed by atoms with Crippen LogP contribution >= 0.6 is 0 Å². The van der Waals surface area contributed by atoms with Crippen molar-refractivity contribution in [2.45, 2.75) is 49.5 Å². The fourth-order valence-electron chi connectivity index (χ4n) is 3.76. The highest BCUT2D eigenvalue weighted by Crippen LogP contribution is 2.32. The van der Waals surface area contributed by atoms with E-state index in [2.05, 4.69) is 16.0 Å². The number of hydrogen-bond donors (Lipinski definition) is 11. The van der Waals surface area contributed by atoms with Crippen LogP contribution in [0.2, 0.25) is 0 Å². The molecule has 0 fully saturated rings. The number of urea groups is 1. The molecule has 39 heavy (non-hydrogen) atoms. The first-order chi connectivity index (χ1) is 18.0. The van der Waals surface area contributed by atoms with E-state index in [0.29, 0.717) is 4.90 Å². The second-order valence-corrected chi connectivity index (χ2v) is 8.51. The van der Waals surface area contributed by atoms with Gasteiger partial charge in [-0.2, -0.15) is 0 Å². The topological polar surface area (TPSA) is 384 Å². The predicted octanol–water partition coefficient (Wildman–Crippen LogP) is -8.23. The van der Waals surface area contributed by atoms with E-state index in [1.165, 1.54) is 0 Å². The van der Waals surface area contributed by atoms with Crippen molar-refractivity contribution in [1.82, 2.24) is 20.9 Å². The number of primary amides is 8. The van der Waals surface area contributed by atoms with Gasteiger partial charge in [0.1, 0.15) is 18.6 Å². The number of nitrogens with zero attached hydrogens (tertiary/aromatic N) is 1. The van der Waals surface area contributed by atoms with Gasteiger partial charge in [-0.05, 0) is 0 Å². The highest BCUT2D eigenvalue weighted by molar-refractivity contribution is 5.89. The van der Waals surface area contributed by atoms with Gasteiger partial charge in [-0.25, -0.2) is 4.79 Å². The predicted molar refractivity (Wildman–Crippen MR) is 130 cm³/mol. The molecule has 19 N–H and O–H groups in total. The van der Waals surface area contributed by atoms with Crippen molar-refractivity contribution in [2.24, 2.45) is 45.9 Å². The van der Waals surface area contributed by atoms with E-state index < -0.39 is 103 Å². The zero-order chi connectivity index (χ0) is 30.2. The Morgan fingerprint density at radius 2 is 0.974 bits per heavy atom. The van der Waals surface area contributed by atoms with Crippen molar-refractivity contribution in [2.75, 3.05) is 6.54 Å². The molecule has 0 aromatic rings. The van der Waals surface area contributed by atoms with Gasteiger partial charge in [-0.15, -0.1) is 0 Å². The maximum Gasteiger partial charge on any atom is 0.315 e. The fourth-order valence-corrected chi connectivity index (χ4v) is 3.76. The van der Waals surface area contributed by atoms with Gasteiger partial charge in [-0.3, -0.25) is 38.9 Å². The first-order valence-corrected chi connectivity index (χ1v) is 11.1. The highest BCUT2D eigenvalue weighted by Gasteiger charge is 2.49. The van der Waals surface area contributed by atoms with E-state index in [1.54, 1.807) is 0 Å². The van der Waals surface area contributed by atoms with E-state index in [0.717, 1.165) is 0 Å². The third-order valence-corrected chi connectivity index (χ3v) is 5.44. The first-order valence-electron chi connectivity index (χ1n) is 11.1. The summed E-state index contributed by atoms with van der Waals surface area (Å²) in [5.41, 5.74) is 41.9. The zero-order valence-electron chi connectivity index (χ0n) is 20.5. The Morgan fingerprint density at radius 3 is 1.31 bits per heavy atom. The molecular weight excluding hydrogens is 524 g/mol. The third kappa shape index (κ3) is 9.03. The van der Waals surface area contributed by atoms with Crippen molar-refractivity contribution in [3.8, 4) is 0 Å². The quantitative estimate of drug-likeness (QED) is 0.0752. The van der Waals surface area contributed by atoms with E-state index in [9.17, 15) is 38.4 Å². The normalized spacial score (nSPS) is 18.5. The molecule has 0 aromatic carbocycles. The lowest BCUT2D eigenvalue weighted by Crippen LogP contribution is -2.70. The van der Waals surface area contributed by atoms with E-state index in [-0.39, 0.29) is 11.4 Å².